The number of carbonyl (C=O) groups excluding carboxylic acids is 2. The minimum atomic E-state index is -1.15. The molecule has 0 aromatic carbocycles. The van der Waals surface area contributed by atoms with Crippen LogP contribution in [0.4, 0.5) is 0 Å². The van der Waals surface area contributed by atoms with Gasteiger partial charge in [0.2, 0.25) is 11.8 Å². The molecule has 0 radical (unpaired) electrons. The fourth-order valence-electron chi connectivity index (χ4n) is 1.74. The number of carbonyl (C=O) groups is 3. The van der Waals surface area contributed by atoms with E-state index in [0.717, 1.165) is 13.0 Å². The summed E-state index contributed by atoms with van der Waals surface area (Å²) in [5.41, 5.74) is 0. The first kappa shape index (κ1) is 12.5. The Kier molecular flexibility index (Phi) is 4.28. The van der Waals surface area contributed by atoms with Crippen LogP contribution in [0.25, 0.3) is 0 Å². The minimum absolute atomic E-state index is 0.0966. The number of rotatable bonds is 5. The maximum atomic E-state index is 11.3. The lowest BCUT2D eigenvalue weighted by atomic mass is 10.3. The summed E-state index contributed by atoms with van der Waals surface area (Å²) >= 11 is 0. The predicted molar refractivity (Wildman–Crippen MR) is 55.7 cm³/mol. The minimum Gasteiger partial charge on any atom is -0.481 e. The van der Waals surface area contributed by atoms with Crippen molar-refractivity contribution in [3.63, 3.8) is 0 Å². The third kappa shape index (κ3) is 3.88. The molecule has 1 saturated heterocycles. The lowest BCUT2D eigenvalue weighted by Gasteiger charge is -2.21. The van der Waals surface area contributed by atoms with Crippen LogP contribution in [0, 0.1) is 0 Å². The van der Waals surface area contributed by atoms with Crippen LogP contribution in [-0.4, -0.2) is 46.9 Å². The highest BCUT2D eigenvalue weighted by molar-refractivity contribution is 5.93. The zero-order valence-corrected chi connectivity index (χ0v) is 9.23. The Balaban J connectivity index is 2.29. The van der Waals surface area contributed by atoms with Gasteiger partial charge < -0.3 is 15.3 Å². The zero-order chi connectivity index (χ0) is 12.1. The monoisotopic (exact) mass is 228 g/mol. The van der Waals surface area contributed by atoms with Crippen LogP contribution in [0.2, 0.25) is 0 Å². The Hall–Kier alpha value is -1.59. The Bertz CT molecular complexity index is 303. The van der Waals surface area contributed by atoms with Gasteiger partial charge >= 0.3 is 5.97 Å². The molecule has 1 heterocycles. The molecular weight excluding hydrogens is 212 g/mol. The number of hydrogen-bond acceptors (Lipinski definition) is 3. The molecule has 0 aliphatic carbocycles. The van der Waals surface area contributed by atoms with Gasteiger partial charge in [-0.25, -0.2) is 0 Å². The fraction of sp³-hybridized carbons (Fsp3) is 0.700. The molecule has 2 N–H and O–H groups in total. The molecule has 6 heteroatoms. The van der Waals surface area contributed by atoms with Crippen molar-refractivity contribution in [3.05, 3.63) is 0 Å². The number of carboxylic acids is 1. The third-order valence-electron chi connectivity index (χ3n) is 2.38. The van der Waals surface area contributed by atoms with Crippen molar-refractivity contribution < 1.29 is 19.5 Å². The van der Waals surface area contributed by atoms with Gasteiger partial charge in [-0.15, -0.1) is 0 Å². The molecule has 0 saturated carbocycles. The number of amides is 2. The molecule has 1 fully saturated rings. The van der Waals surface area contributed by atoms with Crippen molar-refractivity contribution in [1.82, 2.24) is 10.2 Å². The Labute approximate surface area is 93.6 Å². The van der Waals surface area contributed by atoms with Crippen molar-refractivity contribution in [1.29, 1.82) is 0 Å². The second-order valence-corrected chi connectivity index (χ2v) is 3.98. The molecule has 1 rings (SSSR count). The van der Waals surface area contributed by atoms with Crippen molar-refractivity contribution in [2.24, 2.45) is 0 Å². The third-order valence-corrected chi connectivity index (χ3v) is 2.38. The highest BCUT2D eigenvalue weighted by atomic mass is 16.4. The zero-order valence-electron chi connectivity index (χ0n) is 9.23. The summed E-state index contributed by atoms with van der Waals surface area (Å²) in [5, 5.41) is 10.9. The maximum Gasteiger partial charge on any atom is 0.312 e. The van der Waals surface area contributed by atoms with Gasteiger partial charge in [-0.3, -0.25) is 14.4 Å². The molecular formula is C10H16N2O4. The number of nitrogens with one attached hydrogen (secondary N) is 1. The van der Waals surface area contributed by atoms with E-state index < -0.39 is 18.3 Å². The number of hydrogen-bond donors (Lipinski definition) is 2. The normalized spacial score (nSPS) is 17.3. The lowest BCUT2D eigenvalue weighted by molar-refractivity contribution is -0.141. The summed E-state index contributed by atoms with van der Waals surface area (Å²) in [6.07, 6.45) is 0.892. The molecule has 0 aromatic rings. The number of likely N-dealkylation sites (tertiary alicyclic amines) is 1. The van der Waals surface area contributed by atoms with Crippen LogP contribution in [0.5, 0.6) is 0 Å². The number of carboxylic acid groups (broad SMARTS) is 1. The van der Waals surface area contributed by atoms with Gasteiger partial charge in [0, 0.05) is 25.6 Å². The summed E-state index contributed by atoms with van der Waals surface area (Å²) in [7, 11) is 0. The van der Waals surface area contributed by atoms with Crippen molar-refractivity contribution in [3.8, 4) is 0 Å². The average molecular weight is 228 g/mol. The van der Waals surface area contributed by atoms with E-state index >= 15 is 0 Å². The van der Waals surface area contributed by atoms with E-state index in [2.05, 4.69) is 5.32 Å². The number of aliphatic carboxylic acids is 1. The summed E-state index contributed by atoms with van der Waals surface area (Å²) in [4.78, 5) is 34.4. The smallest absolute Gasteiger partial charge is 0.312 e. The SMILES string of the molecule is CC(CN1CCCC1=O)NC(=O)CC(=O)O. The van der Waals surface area contributed by atoms with Gasteiger partial charge in [0.15, 0.2) is 0 Å². The van der Waals surface area contributed by atoms with E-state index in [1.54, 1.807) is 11.8 Å². The largest absolute Gasteiger partial charge is 0.481 e. The molecule has 1 aliphatic rings. The van der Waals surface area contributed by atoms with E-state index in [0.29, 0.717) is 13.0 Å². The van der Waals surface area contributed by atoms with Gasteiger partial charge in [0.25, 0.3) is 0 Å². The van der Waals surface area contributed by atoms with Crippen molar-refractivity contribution in [2.75, 3.05) is 13.1 Å². The molecule has 0 bridgehead atoms. The van der Waals surface area contributed by atoms with E-state index in [4.69, 9.17) is 5.11 Å². The first-order chi connectivity index (χ1) is 7.49. The van der Waals surface area contributed by atoms with Gasteiger partial charge in [-0.2, -0.15) is 0 Å². The quantitative estimate of drug-likeness (QED) is 0.626. The van der Waals surface area contributed by atoms with Crippen LogP contribution in [0.1, 0.15) is 26.2 Å². The highest BCUT2D eigenvalue weighted by Crippen LogP contribution is 2.09. The van der Waals surface area contributed by atoms with Crippen LogP contribution in [0.15, 0.2) is 0 Å². The molecule has 1 atom stereocenters. The molecule has 1 aliphatic heterocycles. The predicted octanol–water partition coefficient (Wildman–Crippen LogP) is -0.412. The van der Waals surface area contributed by atoms with Crippen LogP contribution >= 0.6 is 0 Å². The maximum absolute atomic E-state index is 11.3. The molecule has 2 amide bonds. The standard InChI is InChI=1S/C10H16N2O4/c1-7(11-8(13)5-10(15)16)6-12-4-2-3-9(12)14/h7H,2-6H2,1H3,(H,11,13)(H,15,16). The van der Waals surface area contributed by atoms with E-state index in [-0.39, 0.29) is 11.9 Å². The topological polar surface area (TPSA) is 86.7 Å². The Morgan fingerprint density at radius 2 is 2.25 bits per heavy atom. The Morgan fingerprint density at radius 3 is 2.75 bits per heavy atom. The molecule has 6 nitrogen and oxygen atoms in total. The Morgan fingerprint density at radius 1 is 1.56 bits per heavy atom. The summed E-state index contributed by atoms with van der Waals surface area (Å²) in [6, 6.07) is -0.214. The summed E-state index contributed by atoms with van der Waals surface area (Å²) in [6.45, 7) is 2.92. The fourth-order valence-corrected chi connectivity index (χ4v) is 1.74. The summed E-state index contributed by atoms with van der Waals surface area (Å²) < 4.78 is 0. The molecule has 1 unspecified atom stereocenters. The van der Waals surface area contributed by atoms with Gasteiger partial charge in [-0.1, -0.05) is 0 Å². The lowest BCUT2D eigenvalue weighted by Crippen LogP contribution is -2.42. The second-order valence-electron chi connectivity index (χ2n) is 3.98. The first-order valence-electron chi connectivity index (χ1n) is 5.28. The van der Waals surface area contributed by atoms with E-state index in [1.165, 1.54) is 0 Å². The second kappa shape index (κ2) is 5.48. The van der Waals surface area contributed by atoms with Crippen LogP contribution in [-0.2, 0) is 14.4 Å². The van der Waals surface area contributed by atoms with Gasteiger partial charge in [0.05, 0.1) is 0 Å². The molecule has 16 heavy (non-hydrogen) atoms. The number of nitrogens with zero attached hydrogens (tertiary/aromatic N) is 1. The molecule has 0 aromatic heterocycles. The van der Waals surface area contributed by atoms with E-state index in [9.17, 15) is 14.4 Å². The highest BCUT2D eigenvalue weighted by Gasteiger charge is 2.22. The van der Waals surface area contributed by atoms with Crippen LogP contribution in [0.3, 0.4) is 0 Å². The molecule has 90 valence electrons. The summed E-state index contributed by atoms with van der Waals surface area (Å²) in [5.74, 6) is -1.58. The van der Waals surface area contributed by atoms with Gasteiger partial charge in [0.1, 0.15) is 6.42 Å². The van der Waals surface area contributed by atoms with Crippen molar-refractivity contribution in [2.45, 2.75) is 32.2 Å². The van der Waals surface area contributed by atoms with Crippen LogP contribution < -0.4 is 5.32 Å². The van der Waals surface area contributed by atoms with E-state index in [1.807, 2.05) is 0 Å². The van der Waals surface area contributed by atoms with Gasteiger partial charge in [-0.05, 0) is 13.3 Å². The molecule has 0 spiro atoms. The first-order valence-corrected chi connectivity index (χ1v) is 5.28. The van der Waals surface area contributed by atoms with Crippen molar-refractivity contribution >= 4 is 17.8 Å². The average Bonchev–Trinajstić information content (AvgIpc) is 2.49.